The van der Waals surface area contributed by atoms with Crippen LogP contribution in [0, 0.1) is 6.92 Å². The van der Waals surface area contributed by atoms with Crippen LogP contribution in [0.2, 0.25) is 0 Å². The fraction of sp³-hybridized carbons (Fsp3) is 0.667. The fourth-order valence-electron chi connectivity index (χ4n) is 1.25. The summed E-state index contributed by atoms with van der Waals surface area (Å²) in [6, 6.07) is 2.17. The van der Waals surface area contributed by atoms with Gasteiger partial charge in [0.25, 0.3) is 0 Å². The highest BCUT2D eigenvalue weighted by atomic mass is 127. The van der Waals surface area contributed by atoms with E-state index in [1.54, 1.807) is 0 Å². The maximum atomic E-state index is 4.44. The maximum absolute atomic E-state index is 4.44. The third-order valence-electron chi connectivity index (χ3n) is 1.82. The molecule has 1 aromatic heterocycles. The highest BCUT2D eigenvalue weighted by molar-refractivity contribution is 14.1. The molecule has 68 valence electrons. The van der Waals surface area contributed by atoms with Crippen LogP contribution >= 0.6 is 22.6 Å². The van der Waals surface area contributed by atoms with Crippen molar-refractivity contribution in [2.45, 2.75) is 37.7 Å². The molecular formula is C9H15IN2. The third-order valence-corrected chi connectivity index (χ3v) is 2.34. The Morgan fingerprint density at radius 1 is 1.42 bits per heavy atom. The number of halogens is 1. The van der Waals surface area contributed by atoms with E-state index in [1.165, 1.54) is 5.69 Å². The number of rotatable bonds is 2. The number of hydrogen-bond donors (Lipinski definition) is 0. The van der Waals surface area contributed by atoms with Crippen molar-refractivity contribution in [3.63, 3.8) is 0 Å². The molecule has 1 heterocycles. The lowest BCUT2D eigenvalue weighted by molar-refractivity contribution is 0.598. The molecule has 0 aliphatic heterocycles. The summed E-state index contributed by atoms with van der Waals surface area (Å²) in [5, 5.41) is 4.44. The molecule has 3 heteroatoms. The van der Waals surface area contributed by atoms with Crippen molar-refractivity contribution in [2.24, 2.45) is 0 Å². The number of alkyl halides is 1. The first-order chi connectivity index (χ1) is 5.52. The topological polar surface area (TPSA) is 17.8 Å². The second-order valence-corrected chi connectivity index (χ2v) is 5.19. The van der Waals surface area contributed by atoms with Gasteiger partial charge in [-0.3, -0.25) is 4.68 Å². The van der Waals surface area contributed by atoms with E-state index >= 15 is 0 Å². The summed E-state index contributed by atoms with van der Waals surface area (Å²) in [5.74, 6) is 0.559. The average Bonchev–Trinajstić information content (AvgIpc) is 2.31. The summed E-state index contributed by atoms with van der Waals surface area (Å²) >= 11 is 2.38. The van der Waals surface area contributed by atoms with Crippen molar-refractivity contribution in [3.05, 3.63) is 17.5 Å². The van der Waals surface area contributed by atoms with Gasteiger partial charge in [0.2, 0.25) is 0 Å². The van der Waals surface area contributed by atoms with Crippen LogP contribution in [0.25, 0.3) is 0 Å². The zero-order valence-corrected chi connectivity index (χ0v) is 10.2. The van der Waals surface area contributed by atoms with E-state index in [4.69, 9.17) is 0 Å². The highest BCUT2D eigenvalue weighted by Crippen LogP contribution is 2.22. The molecule has 1 rings (SSSR count). The molecule has 1 atom stereocenters. The van der Waals surface area contributed by atoms with Gasteiger partial charge in [-0.2, -0.15) is 5.10 Å². The van der Waals surface area contributed by atoms with Gasteiger partial charge in [-0.05, 0) is 25.8 Å². The molecule has 0 saturated carbocycles. The Kier molecular flexibility index (Phi) is 3.15. The van der Waals surface area contributed by atoms with Crippen LogP contribution in [0.15, 0.2) is 6.07 Å². The molecule has 1 aromatic rings. The summed E-state index contributed by atoms with van der Waals surface area (Å²) in [4.78, 5) is 0. The van der Waals surface area contributed by atoms with Gasteiger partial charge >= 0.3 is 0 Å². The van der Waals surface area contributed by atoms with Crippen LogP contribution in [-0.4, -0.2) is 9.78 Å². The second-order valence-electron chi connectivity index (χ2n) is 3.38. The van der Waals surface area contributed by atoms with E-state index in [0.717, 1.165) is 5.69 Å². The quantitative estimate of drug-likeness (QED) is 0.599. The van der Waals surface area contributed by atoms with Gasteiger partial charge < -0.3 is 0 Å². The molecule has 0 radical (unpaired) electrons. The average molecular weight is 278 g/mol. The van der Waals surface area contributed by atoms with Crippen molar-refractivity contribution >= 4 is 22.6 Å². The highest BCUT2D eigenvalue weighted by Gasteiger charge is 2.11. The van der Waals surface area contributed by atoms with Gasteiger partial charge in [0.1, 0.15) is 4.05 Å². The van der Waals surface area contributed by atoms with Crippen molar-refractivity contribution in [2.75, 3.05) is 0 Å². The van der Waals surface area contributed by atoms with Gasteiger partial charge in [0.15, 0.2) is 0 Å². The molecule has 0 aliphatic carbocycles. The minimum Gasteiger partial charge on any atom is -0.256 e. The summed E-state index contributed by atoms with van der Waals surface area (Å²) < 4.78 is 2.54. The van der Waals surface area contributed by atoms with Gasteiger partial charge in [0.05, 0.1) is 5.69 Å². The number of nitrogens with zero attached hydrogens (tertiary/aromatic N) is 2. The van der Waals surface area contributed by atoms with Crippen molar-refractivity contribution in [1.29, 1.82) is 0 Å². The lowest BCUT2D eigenvalue weighted by Crippen LogP contribution is -2.06. The molecule has 12 heavy (non-hydrogen) atoms. The van der Waals surface area contributed by atoms with E-state index < -0.39 is 0 Å². The SMILES string of the molecule is Cc1cc(C(C)C)n([C@H](C)I)n1. The molecule has 0 aromatic carbocycles. The standard InChI is InChI=1S/C9H15IN2/c1-6(2)9-5-7(3)11-12(9)8(4)10/h5-6,8H,1-4H3/t8-/m1/s1. The lowest BCUT2D eigenvalue weighted by Gasteiger charge is -2.11. The zero-order valence-electron chi connectivity index (χ0n) is 8.00. The largest absolute Gasteiger partial charge is 0.256 e. The first-order valence-corrected chi connectivity index (χ1v) is 5.47. The van der Waals surface area contributed by atoms with Gasteiger partial charge in [-0.25, -0.2) is 0 Å². The van der Waals surface area contributed by atoms with Gasteiger partial charge in [-0.1, -0.05) is 36.4 Å². The summed E-state index contributed by atoms with van der Waals surface area (Å²) in [6.45, 7) is 8.60. The predicted molar refractivity (Wildman–Crippen MR) is 59.8 cm³/mol. The van der Waals surface area contributed by atoms with Crippen molar-refractivity contribution < 1.29 is 0 Å². The summed E-state index contributed by atoms with van der Waals surface area (Å²) in [6.07, 6.45) is 0. The Bertz CT molecular complexity index is 238. The van der Waals surface area contributed by atoms with Crippen molar-refractivity contribution in [3.8, 4) is 0 Å². The van der Waals surface area contributed by atoms with E-state index in [1.807, 2.05) is 6.92 Å². The molecule has 0 unspecified atom stereocenters. The van der Waals surface area contributed by atoms with E-state index in [9.17, 15) is 0 Å². The Morgan fingerprint density at radius 2 is 2.00 bits per heavy atom. The number of hydrogen-bond acceptors (Lipinski definition) is 1. The van der Waals surface area contributed by atoms with Gasteiger partial charge in [0, 0.05) is 5.69 Å². The fourth-order valence-corrected chi connectivity index (χ4v) is 1.70. The Hall–Kier alpha value is -0.0600. The van der Waals surface area contributed by atoms with E-state index in [2.05, 4.69) is 59.2 Å². The summed E-state index contributed by atoms with van der Waals surface area (Å²) in [5.41, 5.74) is 2.44. The Labute approximate surface area is 87.5 Å². The Balaban J connectivity index is 3.08. The van der Waals surface area contributed by atoms with Crippen LogP contribution in [0.5, 0.6) is 0 Å². The predicted octanol–water partition coefficient (Wildman–Crippen LogP) is 3.27. The third kappa shape index (κ3) is 2.00. The van der Waals surface area contributed by atoms with Crippen molar-refractivity contribution in [1.82, 2.24) is 9.78 Å². The monoisotopic (exact) mass is 278 g/mol. The normalized spacial score (nSPS) is 13.8. The summed E-state index contributed by atoms with van der Waals surface area (Å²) in [7, 11) is 0. The molecule has 0 amide bonds. The van der Waals surface area contributed by atoms with Gasteiger partial charge in [-0.15, -0.1) is 0 Å². The smallest absolute Gasteiger partial charge is 0.100 e. The minimum atomic E-state index is 0.439. The maximum Gasteiger partial charge on any atom is 0.100 e. The molecule has 0 bridgehead atoms. The van der Waals surface area contributed by atoms with E-state index in [0.29, 0.717) is 9.97 Å². The molecule has 0 aliphatic rings. The molecular weight excluding hydrogens is 263 g/mol. The molecule has 2 nitrogen and oxygen atoms in total. The molecule has 0 saturated heterocycles. The van der Waals surface area contributed by atoms with Crippen LogP contribution in [0.3, 0.4) is 0 Å². The second kappa shape index (κ2) is 3.77. The van der Waals surface area contributed by atoms with Crippen LogP contribution in [-0.2, 0) is 0 Å². The van der Waals surface area contributed by atoms with Crippen LogP contribution in [0.4, 0.5) is 0 Å². The van der Waals surface area contributed by atoms with Crippen LogP contribution < -0.4 is 0 Å². The molecule has 0 fully saturated rings. The molecule has 0 spiro atoms. The first-order valence-electron chi connectivity index (χ1n) is 4.22. The van der Waals surface area contributed by atoms with Crippen LogP contribution in [0.1, 0.15) is 42.1 Å². The minimum absolute atomic E-state index is 0.439. The number of aryl methyl sites for hydroxylation is 1. The first kappa shape index (κ1) is 10.0. The zero-order chi connectivity index (χ0) is 9.30. The number of aromatic nitrogens is 2. The molecule has 0 N–H and O–H groups in total. The Morgan fingerprint density at radius 3 is 2.33 bits per heavy atom. The lowest BCUT2D eigenvalue weighted by atomic mass is 10.1. The van der Waals surface area contributed by atoms with E-state index in [-0.39, 0.29) is 0 Å².